The van der Waals surface area contributed by atoms with E-state index in [4.69, 9.17) is 0 Å². The van der Waals surface area contributed by atoms with Crippen molar-refractivity contribution < 1.29 is 0 Å². The van der Waals surface area contributed by atoms with Crippen molar-refractivity contribution in [2.24, 2.45) is 0 Å². The van der Waals surface area contributed by atoms with Gasteiger partial charge in [0.15, 0.2) is 7.28 Å². The molecule has 2 heterocycles. The first-order valence-electron chi connectivity index (χ1n) is 3.53. The van der Waals surface area contributed by atoms with Gasteiger partial charge in [0.2, 0.25) is 6.71 Å². The Hall–Kier alpha value is -0.910. The SMILES string of the molecule is [B]1C=CC=C1B1C=CC=C1. The van der Waals surface area contributed by atoms with Gasteiger partial charge in [0.25, 0.3) is 0 Å². The highest BCUT2D eigenvalue weighted by atomic mass is 13.8. The molecule has 0 atom stereocenters. The molecule has 0 spiro atoms. The van der Waals surface area contributed by atoms with Crippen molar-refractivity contribution in [2.75, 3.05) is 0 Å². The van der Waals surface area contributed by atoms with Crippen molar-refractivity contribution in [2.45, 2.75) is 0 Å². The molecule has 10 heavy (non-hydrogen) atoms. The van der Waals surface area contributed by atoms with Crippen LogP contribution in [0.1, 0.15) is 0 Å². The molecular formula is C8H7B2. The van der Waals surface area contributed by atoms with Gasteiger partial charge < -0.3 is 0 Å². The second-order valence-electron chi connectivity index (χ2n) is 2.51. The molecule has 0 fully saturated rings. The highest BCUT2D eigenvalue weighted by Crippen LogP contribution is 2.11. The molecular weight excluding hydrogens is 118 g/mol. The van der Waals surface area contributed by atoms with Crippen molar-refractivity contribution in [1.82, 2.24) is 0 Å². The zero-order valence-electron chi connectivity index (χ0n) is 5.70. The van der Waals surface area contributed by atoms with Crippen LogP contribution in [0.2, 0.25) is 0 Å². The van der Waals surface area contributed by atoms with Gasteiger partial charge in [0.05, 0.1) is 0 Å². The predicted molar refractivity (Wildman–Crippen MR) is 47.0 cm³/mol. The first kappa shape index (κ1) is 5.84. The maximum atomic E-state index is 2.20. The summed E-state index contributed by atoms with van der Waals surface area (Å²) in [5, 5.41) is 1.39. The lowest BCUT2D eigenvalue weighted by Crippen LogP contribution is -2.11. The Balaban J connectivity index is 2.14. The van der Waals surface area contributed by atoms with Gasteiger partial charge in [-0.2, -0.15) is 0 Å². The van der Waals surface area contributed by atoms with Crippen LogP contribution in [0.4, 0.5) is 0 Å². The molecule has 2 heteroatoms. The Morgan fingerprint density at radius 3 is 2.50 bits per heavy atom. The number of rotatable bonds is 1. The van der Waals surface area contributed by atoms with Crippen LogP contribution in [-0.4, -0.2) is 14.0 Å². The first-order chi connectivity index (χ1) is 4.97. The van der Waals surface area contributed by atoms with Gasteiger partial charge in [0, 0.05) is 0 Å². The van der Waals surface area contributed by atoms with E-state index in [1.165, 1.54) is 5.37 Å². The van der Waals surface area contributed by atoms with Crippen LogP contribution in [0.25, 0.3) is 0 Å². The normalized spacial score (nSPS) is 20.0. The molecule has 2 rings (SSSR count). The van der Waals surface area contributed by atoms with Crippen LogP contribution in [0.15, 0.2) is 47.6 Å². The smallest absolute Gasteiger partial charge is 0.124 e. The minimum Gasteiger partial charge on any atom is -0.124 e. The summed E-state index contributed by atoms with van der Waals surface area (Å²) < 4.78 is 0. The van der Waals surface area contributed by atoms with Crippen LogP contribution >= 0.6 is 0 Å². The minimum absolute atomic E-state index is 0.537. The molecule has 0 saturated carbocycles. The van der Waals surface area contributed by atoms with Gasteiger partial charge in [-0.3, -0.25) is 0 Å². The van der Waals surface area contributed by atoms with Crippen molar-refractivity contribution >= 4 is 14.0 Å². The monoisotopic (exact) mass is 125 g/mol. The first-order valence-corrected chi connectivity index (χ1v) is 3.53. The van der Waals surface area contributed by atoms with Crippen molar-refractivity contribution in [3.8, 4) is 0 Å². The van der Waals surface area contributed by atoms with Crippen LogP contribution in [0, 0.1) is 0 Å². The Kier molecular flexibility index (Phi) is 1.39. The molecule has 45 valence electrons. The zero-order chi connectivity index (χ0) is 6.81. The lowest BCUT2D eigenvalue weighted by atomic mass is 9.36. The second-order valence-corrected chi connectivity index (χ2v) is 2.51. The molecule has 0 amide bonds. The van der Waals surface area contributed by atoms with E-state index in [1.807, 2.05) is 0 Å². The Labute approximate surface area is 62.3 Å². The third-order valence-electron chi connectivity index (χ3n) is 1.82. The topological polar surface area (TPSA) is 0 Å². The van der Waals surface area contributed by atoms with E-state index in [2.05, 4.69) is 49.5 Å². The standard InChI is InChI=1S/C8H7B2/c1-2-7-10(6-1)8-4-3-5-9-8/h1-7H. The van der Waals surface area contributed by atoms with Gasteiger partial charge in [-0.25, -0.2) is 0 Å². The van der Waals surface area contributed by atoms with E-state index < -0.39 is 0 Å². The fourth-order valence-corrected chi connectivity index (χ4v) is 1.27. The zero-order valence-corrected chi connectivity index (χ0v) is 5.70. The highest BCUT2D eigenvalue weighted by Gasteiger charge is 2.14. The van der Waals surface area contributed by atoms with Gasteiger partial charge in [-0.05, 0) is 0 Å². The second kappa shape index (κ2) is 2.37. The molecule has 0 saturated heterocycles. The lowest BCUT2D eigenvalue weighted by Gasteiger charge is -1.99. The molecule has 0 aromatic carbocycles. The Morgan fingerprint density at radius 1 is 1.10 bits per heavy atom. The summed E-state index contributed by atoms with van der Waals surface area (Å²) in [5.74, 6) is 6.49. The van der Waals surface area contributed by atoms with E-state index in [0.29, 0.717) is 6.71 Å². The van der Waals surface area contributed by atoms with Gasteiger partial charge in [0.1, 0.15) is 0 Å². The third kappa shape index (κ3) is 0.900. The predicted octanol–water partition coefficient (Wildman–Crippen LogP) is 1.34. The molecule has 2 aliphatic heterocycles. The summed E-state index contributed by atoms with van der Waals surface area (Å²) in [4.78, 5) is 0. The summed E-state index contributed by atoms with van der Waals surface area (Å²) in [6, 6.07) is 0. The summed E-state index contributed by atoms with van der Waals surface area (Å²) in [6.45, 7) is 0.537. The van der Waals surface area contributed by atoms with E-state index in [9.17, 15) is 0 Å². The maximum absolute atomic E-state index is 2.20. The number of allylic oxidation sites excluding steroid dienone is 4. The molecule has 0 aliphatic carbocycles. The summed E-state index contributed by atoms with van der Waals surface area (Å²) in [6.07, 6.45) is 8.43. The van der Waals surface area contributed by atoms with E-state index in [1.54, 1.807) is 0 Å². The van der Waals surface area contributed by atoms with Crippen LogP contribution < -0.4 is 0 Å². The van der Waals surface area contributed by atoms with Gasteiger partial charge in [-0.15, -0.1) is 23.3 Å². The average molecular weight is 125 g/mol. The molecule has 0 aromatic rings. The molecule has 1 radical (unpaired) electrons. The molecule has 0 N–H and O–H groups in total. The highest BCUT2D eigenvalue weighted by molar-refractivity contribution is 6.90. The molecule has 0 aromatic heterocycles. The van der Waals surface area contributed by atoms with Crippen LogP contribution in [-0.2, 0) is 0 Å². The average Bonchev–Trinajstić information content (AvgIpc) is 2.59. The van der Waals surface area contributed by atoms with Crippen molar-refractivity contribution in [1.29, 1.82) is 0 Å². The quantitative estimate of drug-likeness (QED) is 0.463. The fourth-order valence-electron chi connectivity index (χ4n) is 1.27. The van der Waals surface area contributed by atoms with Crippen LogP contribution in [0.5, 0.6) is 0 Å². The summed E-state index contributed by atoms with van der Waals surface area (Å²) in [5.41, 5.74) is 0. The maximum Gasteiger partial charge on any atom is 0.212 e. The lowest BCUT2D eigenvalue weighted by molar-refractivity contribution is 2.06. The molecule has 0 nitrogen and oxygen atoms in total. The fraction of sp³-hybridized carbons (Fsp3) is 0. The van der Waals surface area contributed by atoms with E-state index >= 15 is 0 Å². The summed E-state index contributed by atoms with van der Waals surface area (Å²) >= 11 is 0. The van der Waals surface area contributed by atoms with Gasteiger partial charge in [-0.1, -0.05) is 24.3 Å². The third-order valence-corrected chi connectivity index (χ3v) is 1.82. The van der Waals surface area contributed by atoms with Crippen molar-refractivity contribution in [3.63, 3.8) is 0 Å². The number of hydrogen-bond acceptors (Lipinski definition) is 0. The summed E-state index contributed by atoms with van der Waals surface area (Å²) in [7, 11) is 2.16. The van der Waals surface area contributed by atoms with Crippen molar-refractivity contribution in [3.05, 3.63) is 47.6 Å². The largest absolute Gasteiger partial charge is 0.212 e. The van der Waals surface area contributed by atoms with Crippen LogP contribution in [0.3, 0.4) is 0 Å². The minimum atomic E-state index is 0.537. The van der Waals surface area contributed by atoms with E-state index in [0.717, 1.165) is 0 Å². The Morgan fingerprint density at radius 2 is 1.90 bits per heavy atom. The molecule has 0 bridgehead atoms. The van der Waals surface area contributed by atoms with E-state index in [-0.39, 0.29) is 0 Å². The Bertz CT molecular complexity index is 234. The van der Waals surface area contributed by atoms with Gasteiger partial charge >= 0.3 is 0 Å². The molecule has 2 aliphatic rings. The molecule has 0 unspecified atom stereocenters. The number of hydrogen-bond donors (Lipinski definition) is 0.